The third-order valence-corrected chi connectivity index (χ3v) is 6.36. The van der Waals surface area contributed by atoms with Gasteiger partial charge in [0.25, 0.3) is 0 Å². The van der Waals surface area contributed by atoms with Crippen molar-refractivity contribution in [2.75, 3.05) is 19.7 Å². The molecule has 6 nitrogen and oxygen atoms in total. The highest BCUT2D eigenvalue weighted by atomic mass is 32.2. The lowest BCUT2D eigenvalue weighted by atomic mass is 10.2. The molecule has 2 heterocycles. The number of rotatable bonds is 7. The van der Waals surface area contributed by atoms with Crippen LogP contribution in [0.15, 0.2) is 41.6 Å². The number of ether oxygens (including phenoxy) is 1. The summed E-state index contributed by atoms with van der Waals surface area (Å²) < 4.78 is 34.4. The summed E-state index contributed by atoms with van der Waals surface area (Å²) in [6.07, 6.45) is 7.62. The maximum Gasteiger partial charge on any atom is 0.243 e. The van der Waals surface area contributed by atoms with Crippen LogP contribution in [-0.2, 0) is 23.0 Å². The molecule has 0 spiro atoms. The standard InChI is InChI=1S/C18H25N3O3S/c1-2-20-15-16(14-19-20)10-13-24-17-6-8-18(9-7-17)25(22,23)21-11-4-3-5-12-21/h6-9,14-15H,2-5,10-13H2,1H3. The third-order valence-electron chi connectivity index (χ3n) is 4.45. The lowest BCUT2D eigenvalue weighted by Gasteiger charge is -2.25. The van der Waals surface area contributed by atoms with Gasteiger partial charge in [0.2, 0.25) is 10.0 Å². The van der Waals surface area contributed by atoms with Crippen LogP contribution in [0.2, 0.25) is 0 Å². The van der Waals surface area contributed by atoms with Gasteiger partial charge in [0.15, 0.2) is 0 Å². The van der Waals surface area contributed by atoms with Crippen molar-refractivity contribution < 1.29 is 13.2 Å². The van der Waals surface area contributed by atoms with Crippen molar-refractivity contribution in [1.29, 1.82) is 0 Å². The largest absolute Gasteiger partial charge is 0.493 e. The number of sulfonamides is 1. The first-order valence-corrected chi connectivity index (χ1v) is 10.3. The van der Waals surface area contributed by atoms with Crippen molar-refractivity contribution in [3.63, 3.8) is 0 Å². The topological polar surface area (TPSA) is 64.4 Å². The zero-order chi connectivity index (χ0) is 17.7. The molecule has 1 aliphatic rings. The maximum absolute atomic E-state index is 12.6. The van der Waals surface area contributed by atoms with E-state index >= 15 is 0 Å². The highest BCUT2D eigenvalue weighted by molar-refractivity contribution is 7.89. The van der Waals surface area contributed by atoms with Crippen LogP contribution in [0, 0.1) is 0 Å². The predicted molar refractivity (Wildman–Crippen MR) is 96.2 cm³/mol. The molecule has 0 amide bonds. The summed E-state index contributed by atoms with van der Waals surface area (Å²) in [7, 11) is -3.38. The second-order valence-electron chi connectivity index (χ2n) is 6.24. The smallest absolute Gasteiger partial charge is 0.243 e. The molecule has 1 aromatic heterocycles. The number of aryl methyl sites for hydroxylation is 1. The van der Waals surface area contributed by atoms with Gasteiger partial charge in [-0.05, 0) is 49.6 Å². The van der Waals surface area contributed by atoms with Crippen LogP contribution in [0.4, 0.5) is 0 Å². The van der Waals surface area contributed by atoms with E-state index in [1.807, 2.05) is 24.0 Å². The molecule has 0 saturated carbocycles. The Balaban J connectivity index is 1.56. The molecule has 1 aliphatic heterocycles. The van der Waals surface area contributed by atoms with Gasteiger partial charge < -0.3 is 4.74 Å². The minimum absolute atomic E-state index is 0.339. The zero-order valence-corrected chi connectivity index (χ0v) is 15.4. The molecule has 2 aromatic rings. The van der Waals surface area contributed by atoms with Crippen LogP contribution < -0.4 is 4.74 Å². The van der Waals surface area contributed by atoms with E-state index in [-0.39, 0.29) is 0 Å². The molecule has 0 atom stereocenters. The van der Waals surface area contributed by atoms with Crippen molar-refractivity contribution in [3.05, 3.63) is 42.2 Å². The molecular formula is C18H25N3O3S. The first-order chi connectivity index (χ1) is 12.1. The normalized spacial score (nSPS) is 16.0. The summed E-state index contributed by atoms with van der Waals surface area (Å²) in [4.78, 5) is 0.339. The van der Waals surface area contributed by atoms with E-state index < -0.39 is 10.0 Å². The van der Waals surface area contributed by atoms with Crippen LogP contribution in [0.1, 0.15) is 31.7 Å². The van der Waals surface area contributed by atoms with E-state index in [0.29, 0.717) is 30.3 Å². The molecule has 1 aromatic carbocycles. The van der Waals surface area contributed by atoms with Crippen molar-refractivity contribution in [2.24, 2.45) is 0 Å². The van der Waals surface area contributed by atoms with E-state index in [2.05, 4.69) is 5.10 Å². The quantitative estimate of drug-likeness (QED) is 0.759. The van der Waals surface area contributed by atoms with Gasteiger partial charge in [0.1, 0.15) is 5.75 Å². The summed E-state index contributed by atoms with van der Waals surface area (Å²) in [6.45, 7) is 4.67. The fourth-order valence-electron chi connectivity index (χ4n) is 2.96. The first kappa shape index (κ1) is 17.9. The Hall–Kier alpha value is -1.86. The Morgan fingerprint density at radius 3 is 2.48 bits per heavy atom. The molecule has 3 rings (SSSR count). The maximum atomic E-state index is 12.6. The molecule has 7 heteroatoms. The van der Waals surface area contributed by atoms with E-state index in [4.69, 9.17) is 4.74 Å². The summed E-state index contributed by atoms with van der Waals surface area (Å²) in [5.74, 6) is 0.681. The molecule has 0 N–H and O–H groups in total. The zero-order valence-electron chi connectivity index (χ0n) is 14.6. The number of hydrogen-bond acceptors (Lipinski definition) is 4. The van der Waals surface area contributed by atoms with E-state index in [0.717, 1.165) is 37.8 Å². The van der Waals surface area contributed by atoms with Crippen LogP contribution in [-0.4, -0.2) is 42.2 Å². The molecule has 0 bridgehead atoms. The SMILES string of the molecule is CCn1cc(CCOc2ccc(S(=O)(=O)N3CCCCC3)cc2)cn1. The summed E-state index contributed by atoms with van der Waals surface area (Å²) in [5.41, 5.74) is 1.13. The molecule has 25 heavy (non-hydrogen) atoms. The van der Waals surface area contributed by atoms with Crippen LogP contribution in [0.5, 0.6) is 5.75 Å². The summed E-state index contributed by atoms with van der Waals surface area (Å²) in [6, 6.07) is 6.72. The monoisotopic (exact) mass is 363 g/mol. The number of nitrogens with zero attached hydrogens (tertiary/aromatic N) is 3. The van der Waals surface area contributed by atoms with Gasteiger partial charge in [0.05, 0.1) is 17.7 Å². The molecule has 1 fully saturated rings. The van der Waals surface area contributed by atoms with Crippen molar-refractivity contribution in [1.82, 2.24) is 14.1 Å². The van der Waals surface area contributed by atoms with Gasteiger partial charge >= 0.3 is 0 Å². The molecule has 136 valence electrons. The minimum Gasteiger partial charge on any atom is -0.493 e. The van der Waals surface area contributed by atoms with Crippen molar-refractivity contribution in [3.8, 4) is 5.75 Å². The number of benzene rings is 1. The van der Waals surface area contributed by atoms with E-state index in [9.17, 15) is 8.42 Å². The summed E-state index contributed by atoms with van der Waals surface area (Å²) in [5, 5.41) is 4.23. The average molecular weight is 363 g/mol. The van der Waals surface area contributed by atoms with Gasteiger partial charge in [-0.3, -0.25) is 4.68 Å². The number of hydrogen-bond donors (Lipinski definition) is 0. The Morgan fingerprint density at radius 1 is 1.12 bits per heavy atom. The van der Waals surface area contributed by atoms with Crippen LogP contribution in [0.3, 0.4) is 0 Å². The van der Waals surface area contributed by atoms with Crippen molar-refractivity contribution >= 4 is 10.0 Å². The van der Waals surface area contributed by atoms with E-state index in [1.165, 1.54) is 0 Å². The van der Waals surface area contributed by atoms with Gasteiger partial charge in [-0.1, -0.05) is 6.42 Å². The highest BCUT2D eigenvalue weighted by Gasteiger charge is 2.25. The molecule has 0 unspecified atom stereocenters. The second kappa shape index (κ2) is 8.01. The minimum atomic E-state index is -3.38. The molecular weight excluding hydrogens is 338 g/mol. The fraction of sp³-hybridized carbons (Fsp3) is 0.500. The van der Waals surface area contributed by atoms with Crippen molar-refractivity contribution in [2.45, 2.75) is 44.0 Å². The van der Waals surface area contributed by atoms with Crippen LogP contribution in [0.25, 0.3) is 0 Å². The fourth-order valence-corrected chi connectivity index (χ4v) is 4.47. The summed E-state index contributed by atoms with van der Waals surface area (Å²) >= 11 is 0. The Labute approximate surface area is 149 Å². The Kier molecular flexibility index (Phi) is 5.75. The highest BCUT2D eigenvalue weighted by Crippen LogP contribution is 2.22. The molecule has 0 aliphatic carbocycles. The number of piperidine rings is 1. The predicted octanol–water partition coefficient (Wildman–Crippen LogP) is 2.70. The number of aromatic nitrogens is 2. The lowest BCUT2D eigenvalue weighted by molar-refractivity contribution is 0.321. The van der Waals surface area contributed by atoms with Crippen LogP contribution >= 0.6 is 0 Å². The van der Waals surface area contributed by atoms with E-state index in [1.54, 1.807) is 28.6 Å². The first-order valence-electron chi connectivity index (χ1n) is 8.84. The van der Waals surface area contributed by atoms with Gasteiger partial charge in [-0.25, -0.2) is 8.42 Å². The Morgan fingerprint density at radius 2 is 1.84 bits per heavy atom. The van der Waals surface area contributed by atoms with Gasteiger partial charge in [-0.15, -0.1) is 0 Å². The van der Waals surface area contributed by atoms with Gasteiger partial charge in [-0.2, -0.15) is 9.40 Å². The molecule has 0 radical (unpaired) electrons. The third kappa shape index (κ3) is 4.41. The lowest BCUT2D eigenvalue weighted by Crippen LogP contribution is -2.35. The Bertz CT molecular complexity index is 778. The average Bonchev–Trinajstić information content (AvgIpc) is 3.11. The van der Waals surface area contributed by atoms with Gasteiger partial charge in [0, 0.05) is 32.3 Å². The second-order valence-corrected chi connectivity index (χ2v) is 8.18. The molecule has 1 saturated heterocycles.